The molecule has 1 heterocycles. The van der Waals surface area contributed by atoms with E-state index in [1.165, 1.54) is 12.1 Å². The molecular formula is C11H13N3O3. The van der Waals surface area contributed by atoms with Crippen LogP contribution >= 0.6 is 0 Å². The van der Waals surface area contributed by atoms with Crippen molar-refractivity contribution in [1.29, 1.82) is 0 Å². The molecule has 1 aromatic heterocycles. The maximum Gasteiger partial charge on any atom is 0.298 e. The van der Waals surface area contributed by atoms with E-state index in [1.54, 1.807) is 6.07 Å². The Hall–Kier alpha value is -2.11. The van der Waals surface area contributed by atoms with Crippen LogP contribution in [0.2, 0.25) is 0 Å². The van der Waals surface area contributed by atoms with E-state index in [2.05, 4.69) is 4.98 Å². The van der Waals surface area contributed by atoms with Crippen LogP contribution in [-0.2, 0) is 0 Å². The smallest absolute Gasteiger partial charge is 0.298 e. The fourth-order valence-corrected chi connectivity index (χ4v) is 1.64. The lowest BCUT2D eigenvalue weighted by Crippen LogP contribution is -2.21. The summed E-state index contributed by atoms with van der Waals surface area (Å²) in [6.07, 6.45) is 0. The van der Waals surface area contributed by atoms with E-state index in [-0.39, 0.29) is 5.69 Å². The number of non-ortho nitro benzene ring substituents is 1. The van der Waals surface area contributed by atoms with E-state index in [4.69, 9.17) is 4.42 Å². The fourth-order valence-electron chi connectivity index (χ4n) is 1.64. The number of aromatic nitrogens is 1. The molecule has 0 N–H and O–H groups in total. The average molecular weight is 235 g/mol. The topological polar surface area (TPSA) is 72.4 Å². The molecule has 0 unspecified atom stereocenters. The molecule has 0 fully saturated rings. The minimum atomic E-state index is -0.445. The molecule has 17 heavy (non-hydrogen) atoms. The van der Waals surface area contributed by atoms with E-state index >= 15 is 0 Å². The quantitative estimate of drug-likeness (QED) is 0.601. The lowest BCUT2D eigenvalue weighted by molar-refractivity contribution is -0.384. The number of anilines is 1. The largest absolute Gasteiger partial charge is 0.423 e. The van der Waals surface area contributed by atoms with Gasteiger partial charge in [0.2, 0.25) is 0 Å². The molecular weight excluding hydrogens is 222 g/mol. The van der Waals surface area contributed by atoms with E-state index in [0.717, 1.165) is 13.1 Å². The number of rotatable bonds is 4. The third-order valence-corrected chi connectivity index (χ3v) is 2.61. The molecule has 1 aromatic carbocycles. The summed E-state index contributed by atoms with van der Waals surface area (Å²) in [5.74, 6) is 0. The summed E-state index contributed by atoms with van der Waals surface area (Å²) in [4.78, 5) is 16.4. The van der Waals surface area contributed by atoms with Gasteiger partial charge in [0.25, 0.3) is 11.7 Å². The zero-order valence-corrected chi connectivity index (χ0v) is 9.71. The molecule has 0 saturated heterocycles. The van der Waals surface area contributed by atoms with Crippen molar-refractivity contribution in [3.05, 3.63) is 28.3 Å². The number of fused-ring (bicyclic) bond motifs is 1. The normalized spacial score (nSPS) is 10.7. The molecule has 6 nitrogen and oxygen atoms in total. The molecule has 0 radical (unpaired) electrons. The summed E-state index contributed by atoms with van der Waals surface area (Å²) in [6, 6.07) is 4.93. The molecule has 0 spiro atoms. The summed E-state index contributed by atoms with van der Waals surface area (Å²) >= 11 is 0. The summed E-state index contributed by atoms with van der Waals surface area (Å²) in [5.41, 5.74) is 1.10. The predicted molar refractivity (Wildman–Crippen MR) is 64.2 cm³/mol. The first-order chi connectivity index (χ1) is 8.15. The first-order valence-corrected chi connectivity index (χ1v) is 5.45. The highest BCUT2D eigenvalue weighted by atomic mass is 16.6. The van der Waals surface area contributed by atoms with Crippen LogP contribution in [0.5, 0.6) is 0 Å². The SMILES string of the molecule is CCN(CC)c1nc2ccc([N+](=O)[O-])cc2o1. The molecule has 2 aromatic rings. The summed E-state index contributed by atoms with van der Waals surface area (Å²) in [5, 5.41) is 10.6. The minimum absolute atomic E-state index is 0.0137. The fraction of sp³-hybridized carbons (Fsp3) is 0.364. The molecule has 0 bridgehead atoms. The van der Waals surface area contributed by atoms with Gasteiger partial charge >= 0.3 is 0 Å². The Kier molecular flexibility index (Phi) is 2.95. The van der Waals surface area contributed by atoms with Crippen LogP contribution < -0.4 is 4.90 Å². The molecule has 0 aliphatic carbocycles. The van der Waals surface area contributed by atoms with Gasteiger partial charge in [-0.2, -0.15) is 4.98 Å². The standard InChI is InChI=1S/C11H13N3O3/c1-3-13(4-2)11-12-9-6-5-8(14(15)16)7-10(9)17-11/h5-7H,3-4H2,1-2H3. The van der Waals surface area contributed by atoms with Gasteiger partial charge in [-0.15, -0.1) is 0 Å². The van der Waals surface area contributed by atoms with E-state index in [1.807, 2.05) is 18.7 Å². The molecule has 0 aliphatic rings. The Balaban J connectivity index is 2.46. The van der Waals surface area contributed by atoms with Gasteiger partial charge in [-0.25, -0.2) is 0 Å². The molecule has 0 saturated carbocycles. The van der Waals surface area contributed by atoms with Crippen LogP contribution in [0.15, 0.2) is 22.6 Å². The van der Waals surface area contributed by atoms with Crippen molar-refractivity contribution in [2.45, 2.75) is 13.8 Å². The molecule has 6 heteroatoms. The summed E-state index contributed by atoms with van der Waals surface area (Å²) in [7, 11) is 0. The van der Waals surface area contributed by atoms with Crippen LogP contribution in [0, 0.1) is 10.1 Å². The number of hydrogen-bond donors (Lipinski definition) is 0. The second kappa shape index (κ2) is 4.40. The highest BCUT2D eigenvalue weighted by Gasteiger charge is 2.14. The van der Waals surface area contributed by atoms with Gasteiger partial charge in [-0.1, -0.05) is 0 Å². The van der Waals surface area contributed by atoms with Crippen molar-refractivity contribution >= 4 is 22.8 Å². The number of hydrogen-bond acceptors (Lipinski definition) is 5. The molecule has 0 atom stereocenters. The first-order valence-electron chi connectivity index (χ1n) is 5.45. The van der Waals surface area contributed by atoms with Crippen molar-refractivity contribution in [3.8, 4) is 0 Å². The van der Waals surface area contributed by atoms with Crippen molar-refractivity contribution in [3.63, 3.8) is 0 Å². The van der Waals surface area contributed by atoms with Gasteiger partial charge in [0.05, 0.1) is 11.0 Å². The lowest BCUT2D eigenvalue weighted by atomic mass is 10.3. The summed E-state index contributed by atoms with van der Waals surface area (Å²) < 4.78 is 5.51. The Labute approximate surface area is 98.0 Å². The second-order valence-corrected chi connectivity index (χ2v) is 3.58. The Morgan fingerprint density at radius 3 is 2.71 bits per heavy atom. The average Bonchev–Trinajstić information content (AvgIpc) is 2.72. The number of benzene rings is 1. The van der Waals surface area contributed by atoms with Crippen LogP contribution in [0.4, 0.5) is 11.7 Å². The van der Waals surface area contributed by atoms with Crippen molar-refractivity contribution in [2.24, 2.45) is 0 Å². The predicted octanol–water partition coefficient (Wildman–Crippen LogP) is 2.58. The van der Waals surface area contributed by atoms with Crippen molar-refractivity contribution in [1.82, 2.24) is 4.98 Å². The highest BCUT2D eigenvalue weighted by Crippen LogP contribution is 2.25. The highest BCUT2D eigenvalue weighted by molar-refractivity contribution is 5.77. The van der Waals surface area contributed by atoms with Gasteiger partial charge in [-0.3, -0.25) is 10.1 Å². The second-order valence-electron chi connectivity index (χ2n) is 3.58. The Morgan fingerprint density at radius 2 is 2.12 bits per heavy atom. The van der Waals surface area contributed by atoms with Crippen LogP contribution in [0.1, 0.15) is 13.8 Å². The van der Waals surface area contributed by atoms with Gasteiger partial charge in [0.1, 0.15) is 5.52 Å². The summed E-state index contributed by atoms with van der Waals surface area (Å²) in [6.45, 7) is 5.57. The number of nitro groups is 1. The number of nitrogens with zero attached hydrogens (tertiary/aromatic N) is 3. The third-order valence-electron chi connectivity index (χ3n) is 2.61. The zero-order valence-electron chi connectivity index (χ0n) is 9.71. The van der Waals surface area contributed by atoms with E-state index in [9.17, 15) is 10.1 Å². The third kappa shape index (κ3) is 2.06. The Bertz CT molecular complexity index is 546. The molecule has 2 rings (SSSR count). The maximum absolute atomic E-state index is 10.6. The van der Waals surface area contributed by atoms with Crippen molar-refractivity contribution in [2.75, 3.05) is 18.0 Å². The van der Waals surface area contributed by atoms with Gasteiger partial charge in [-0.05, 0) is 19.9 Å². The van der Waals surface area contributed by atoms with Gasteiger partial charge in [0.15, 0.2) is 5.58 Å². The first kappa shape index (κ1) is 11.4. The van der Waals surface area contributed by atoms with Crippen molar-refractivity contribution < 1.29 is 9.34 Å². The zero-order chi connectivity index (χ0) is 12.4. The van der Waals surface area contributed by atoms with Gasteiger partial charge in [0, 0.05) is 19.2 Å². The monoisotopic (exact) mass is 235 g/mol. The number of oxazole rings is 1. The van der Waals surface area contributed by atoms with E-state index in [0.29, 0.717) is 17.1 Å². The van der Waals surface area contributed by atoms with Crippen LogP contribution in [0.3, 0.4) is 0 Å². The van der Waals surface area contributed by atoms with Crippen LogP contribution in [0.25, 0.3) is 11.1 Å². The Morgan fingerprint density at radius 1 is 1.41 bits per heavy atom. The molecule has 0 aliphatic heterocycles. The van der Waals surface area contributed by atoms with E-state index < -0.39 is 4.92 Å². The minimum Gasteiger partial charge on any atom is -0.423 e. The lowest BCUT2D eigenvalue weighted by Gasteiger charge is -2.14. The maximum atomic E-state index is 10.6. The number of nitro benzene ring substituents is 1. The van der Waals surface area contributed by atoms with Gasteiger partial charge < -0.3 is 9.32 Å². The molecule has 90 valence electrons. The van der Waals surface area contributed by atoms with Crippen LogP contribution in [-0.4, -0.2) is 23.0 Å². The molecule has 0 amide bonds.